The van der Waals surface area contributed by atoms with Gasteiger partial charge < -0.3 is 15.1 Å². The van der Waals surface area contributed by atoms with Crippen LogP contribution < -0.4 is 5.32 Å². The fourth-order valence-electron chi connectivity index (χ4n) is 2.82. The summed E-state index contributed by atoms with van der Waals surface area (Å²) >= 11 is 0. The first kappa shape index (κ1) is 15.3. The molecule has 0 spiro atoms. The van der Waals surface area contributed by atoms with Crippen LogP contribution in [0.3, 0.4) is 0 Å². The first-order valence-corrected chi connectivity index (χ1v) is 7.98. The summed E-state index contributed by atoms with van der Waals surface area (Å²) in [5.41, 5.74) is 0. The molecular weight excluding hydrogens is 254 g/mol. The smallest absolute Gasteiger partial charge is 0.239 e. The van der Waals surface area contributed by atoms with Gasteiger partial charge in [-0.3, -0.25) is 9.59 Å². The quantitative estimate of drug-likeness (QED) is 0.757. The van der Waals surface area contributed by atoms with E-state index in [1.54, 1.807) is 0 Å². The molecule has 2 rings (SSSR count). The summed E-state index contributed by atoms with van der Waals surface area (Å²) in [6, 6.07) is 0.543. The molecule has 5 nitrogen and oxygen atoms in total. The minimum absolute atomic E-state index is 0.0141. The Morgan fingerprint density at radius 1 is 1.30 bits per heavy atom. The molecule has 1 unspecified atom stereocenters. The van der Waals surface area contributed by atoms with E-state index in [1.807, 2.05) is 23.6 Å². The number of nitrogens with one attached hydrogen (secondary N) is 1. The van der Waals surface area contributed by atoms with Crippen molar-refractivity contribution in [2.45, 2.75) is 58.0 Å². The molecule has 0 aromatic rings. The highest BCUT2D eigenvalue weighted by Crippen LogP contribution is 2.22. The standard InChI is InChI=1S/C15H27N3O2/c1-3-17(4-2)14(19)9-11-18-10-5-6-13(15(18)20)16-12-7-8-12/h12-13,16H,3-11H2,1-2H3. The number of nitrogens with zero attached hydrogens (tertiary/aromatic N) is 2. The second-order valence-corrected chi connectivity index (χ2v) is 5.78. The van der Waals surface area contributed by atoms with E-state index in [0.29, 0.717) is 19.0 Å². The topological polar surface area (TPSA) is 52.7 Å². The lowest BCUT2D eigenvalue weighted by Gasteiger charge is -2.33. The number of hydrogen-bond donors (Lipinski definition) is 1. The Labute approximate surface area is 121 Å². The van der Waals surface area contributed by atoms with Crippen molar-refractivity contribution in [1.82, 2.24) is 15.1 Å². The Morgan fingerprint density at radius 3 is 2.60 bits per heavy atom. The molecule has 1 aliphatic carbocycles. The highest BCUT2D eigenvalue weighted by atomic mass is 16.2. The largest absolute Gasteiger partial charge is 0.343 e. The van der Waals surface area contributed by atoms with Crippen LogP contribution in [0.25, 0.3) is 0 Å². The van der Waals surface area contributed by atoms with E-state index in [1.165, 1.54) is 12.8 Å². The second-order valence-electron chi connectivity index (χ2n) is 5.78. The van der Waals surface area contributed by atoms with Gasteiger partial charge >= 0.3 is 0 Å². The normalized spacial score (nSPS) is 23.0. The molecular formula is C15H27N3O2. The van der Waals surface area contributed by atoms with Gasteiger partial charge in [0.15, 0.2) is 0 Å². The average molecular weight is 281 g/mol. The lowest BCUT2D eigenvalue weighted by Crippen LogP contribution is -2.52. The SMILES string of the molecule is CCN(CC)C(=O)CCN1CCCC(NC2CC2)C1=O. The summed E-state index contributed by atoms with van der Waals surface area (Å²) < 4.78 is 0. The van der Waals surface area contributed by atoms with Gasteiger partial charge in [0.05, 0.1) is 6.04 Å². The Hall–Kier alpha value is -1.10. The molecule has 0 aromatic carbocycles. The summed E-state index contributed by atoms with van der Waals surface area (Å²) in [5, 5.41) is 3.42. The monoisotopic (exact) mass is 281 g/mol. The van der Waals surface area contributed by atoms with E-state index in [4.69, 9.17) is 0 Å². The van der Waals surface area contributed by atoms with Crippen molar-refractivity contribution in [2.75, 3.05) is 26.2 Å². The maximum atomic E-state index is 12.3. The molecule has 1 saturated heterocycles. The fourth-order valence-corrected chi connectivity index (χ4v) is 2.82. The minimum Gasteiger partial charge on any atom is -0.343 e. The molecule has 0 radical (unpaired) electrons. The maximum absolute atomic E-state index is 12.3. The first-order chi connectivity index (χ1) is 9.65. The van der Waals surface area contributed by atoms with Crippen molar-refractivity contribution in [3.05, 3.63) is 0 Å². The van der Waals surface area contributed by atoms with E-state index >= 15 is 0 Å². The van der Waals surface area contributed by atoms with Crippen LogP contribution in [0.5, 0.6) is 0 Å². The van der Waals surface area contributed by atoms with Crippen molar-refractivity contribution < 1.29 is 9.59 Å². The van der Waals surface area contributed by atoms with Crippen LogP contribution in [0.1, 0.15) is 46.0 Å². The van der Waals surface area contributed by atoms with Crippen molar-refractivity contribution in [2.24, 2.45) is 0 Å². The van der Waals surface area contributed by atoms with Crippen LogP contribution in [0.2, 0.25) is 0 Å². The molecule has 0 aromatic heterocycles. The van der Waals surface area contributed by atoms with Gasteiger partial charge in [0.1, 0.15) is 0 Å². The summed E-state index contributed by atoms with van der Waals surface area (Å²) in [4.78, 5) is 28.0. The summed E-state index contributed by atoms with van der Waals surface area (Å²) in [6.45, 7) is 6.83. The summed E-state index contributed by atoms with van der Waals surface area (Å²) in [5.74, 6) is 0.343. The zero-order valence-electron chi connectivity index (χ0n) is 12.7. The zero-order valence-corrected chi connectivity index (χ0v) is 12.7. The summed E-state index contributed by atoms with van der Waals surface area (Å²) in [6.07, 6.45) is 4.82. The fraction of sp³-hybridized carbons (Fsp3) is 0.867. The van der Waals surface area contributed by atoms with Crippen LogP contribution in [-0.4, -0.2) is 59.9 Å². The Bertz CT molecular complexity index is 351. The molecule has 5 heteroatoms. The van der Waals surface area contributed by atoms with Crippen molar-refractivity contribution in [3.63, 3.8) is 0 Å². The van der Waals surface area contributed by atoms with Crippen LogP contribution in [-0.2, 0) is 9.59 Å². The predicted molar refractivity (Wildman–Crippen MR) is 78.3 cm³/mol. The highest BCUT2D eigenvalue weighted by molar-refractivity contribution is 5.83. The Morgan fingerprint density at radius 2 is 2.00 bits per heavy atom. The molecule has 1 saturated carbocycles. The molecule has 20 heavy (non-hydrogen) atoms. The van der Waals surface area contributed by atoms with Crippen LogP contribution in [0, 0.1) is 0 Å². The number of likely N-dealkylation sites (tertiary alicyclic amines) is 1. The van der Waals surface area contributed by atoms with Gasteiger partial charge in [-0.2, -0.15) is 0 Å². The maximum Gasteiger partial charge on any atom is 0.239 e. The van der Waals surface area contributed by atoms with Gasteiger partial charge in [-0.1, -0.05) is 0 Å². The molecule has 2 amide bonds. The summed E-state index contributed by atoms with van der Waals surface area (Å²) in [7, 11) is 0. The average Bonchev–Trinajstić information content (AvgIpc) is 3.25. The van der Waals surface area contributed by atoms with Gasteiger partial charge in [0, 0.05) is 38.6 Å². The Balaban J connectivity index is 1.79. The van der Waals surface area contributed by atoms with Gasteiger partial charge in [-0.25, -0.2) is 0 Å². The second kappa shape index (κ2) is 7.07. The van der Waals surface area contributed by atoms with Gasteiger partial charge in [-0.05, 0) is 39.5 Å². The third-order valence-corrected chi connectivity index (χ3v) is 4.26. The third kappa shape index (κ3) is 3.95. The number of carbonyl (C=O) groups excluding carboxylic acids is 2. The molecule has 2 fully saturated rings. The lowest BCUT2D eigenvalue weighted by atomic mass is 10.0. The highest BCUT2D eigenvalue weighted by Gasteiger charge is 2.33. The Kier molecular flexibility index (Phi) is 5.40. The molecule has 0 bridgehead atoms. The molecule has 114 valence electrons. The molecule has 1 atom stereocenters. The number of amides is 2. The lowest BCUT2D eigenvalue weighted by molar-refractivity contribution is -0.137. The van der Waals surface area contributed by atoms with Crippen molar-refractivity contribution >= 4 is 11.8 Å². The molecule has 1 heterocycles. The van der Waals surface area contributed by atoms with Crippen LogP contribution in [0.15, 0.2) is 0 Å². The molecule has 2 aliphatic rings. The van der Waals surface area contributed by atoms with Crippen LogP contribution >= 0.6 is 0 Å². The van der Waals surface area contributed by atoms with Gasteiger partial charge in [0.25, 0.3) is 0 Å². The van der Waals surface area contributed by atoms with Crippen molar-refractivity contribution in [3.8, 4) is 0 Å². The van der Waals surface area contributed by atoms with E-state index in [2.05, 4.69) is 5.32 Å². The first-order valence-electron chi connectivity index (χ1n) is 7.98. The number of rotatable bonds is 7. The van der Waals surface area contributed by atoms with Crippen LogP contribution in [0.4, 0.5) is 0 Å². The third-order valence-electron chi connectivity index (χ3n) is 4.26. The van der Waals surface area contributed by atoms with Gasteiger partial charge in [-0.15, -0.1) is 0 Å². The minimum atomic E-state index is -0.0141. The molecule has 1 N–H and O–H groups in total. The molecule has 1 aliphatic heterocycles. The number of piperidine rings is 1. The van der Waals surface area contributed by atoms with Crippen molar-refractivity contribution in [1.29, 1.82) is 0 Å². The van der Waals surface area contributed by atoms with E-state index in [9.17, 15) is 9.59 Å². The predicted octanol–water partition coefficient (Wildman–Crippen LogP) is 0.988. The van der Waals surface area contributed by atoms with E-state index in [0.717, 1.165) is 32.5 Å². The van der Waals surface area contributed by atoms with E-state index < -0.39 is 0 Å². The number of carbonyl (C=O) groups is 2. The van der Waals surface area contributed by atoms with Gasteiger partial charge in [0.2, 0.25) is 11.8 Å². The zero-order chi connectivity index (χ0) is 14.5. The number of hydrogen-bond acceptors (Lipinski definition) is 3. The van der Waals surface area contributed by atoms with E-state index in [-0.39, 0.29) is 17.9 Å².